The van der Waals surface area contributed by atoms with E-state index in [2.05, 4.69) is 4.84 Å². The molecule has 0 heterocycles. The quantitative estimate of drug-likeness (QED) is 0.710. The second kappa shape index (κ2) is 4.83. The van der Waals surface area contributed by atoms with Gasteiger partial charge in [0.1, 0.15) is 11.5 Å². The fourth-order valence-corrected chi connectivity index (χ4v) is 1.29. The molecule has 1 aromatic carbocycles. The monoisotopic (exact) mass is 197 g/mol. The van der Waals surface area contributed by atoms with Gasteiger partial charge < -0.3 is 14.7 Å². The first-order valence-corrected chi connectivity index (χ1v) is 4.37. The second-order valence-electron chi connectivity index (χ2n) is 3.07. The van der Waals surface area contributed by atoms with Gasteiger partial charge in [-0.3, -0.25) is 0 Å². The first kappa shape index (κ1) is 10.8. The molecule has 0 spiro atoms. The summed E-state index contributed by atoms with van der Waals surface area (Å²) in [5.74, 6) is 5.93. The van der Waals surface area contributed by atoms with Crippen LogP contribution in [0, 0.1) is 6.92 Å². The number of nitrogens with two attached hydrogens (primary N) is 1. The van der Waals surface area contributed by atoms with Gasteiger partial charge in [-0.1, -0.05) is 0 Å². The maximum absolute atomic E-state index is 9.69. The molecule has 0 amide bonds. The van der Waals surface area contributed by atoms with Gasteiger partial charge in [-0.25, -0.2) is 5.90 Å². The first-order chi connectivity index (χ1) is 6.69. The third kappa shape index (κ3) is 2.37. The smallest absolute Gasteiger partial charge is 0.122 e. The number of hydrogen-bond acceptors (Lipinski definition) is 4. The Balaban J connectivity index is 2.95. The van der Waals surface area contributed by atoms with Crippen LogP contribution in [-0.2, 0) is 11.3 Å². The Kier molecular flexibility index (Phi) is 3.73. The van der Waals surface area contributed by atoms with Crippen LogP contribution in [0.2, 0.25) is 0 Å². The first-order valence-electron chi connectivity index (χ1n) is 4.37. The van der Waals surface area contributed by atoms with Crippen molar-refractivity contribution in [3.8, 4) is 11.5 Å². The van der Waals surface area contributed by atoms with Crippen LogP contribution in [0.25, 0.3) is 0 Å². The lowest BCUT2D eigenvalue weighted by atomic mass is 10.1. The van der Waals surface area contributed by atoms with Crippen molar-refractivity contribution in [1.29, 1.82) is 0 Å². The average Bonchev–Trinajstić information content (AvgIpc) is 2.20. The summed E-state index contributed by atoms with van der Waals surface area (Å²) in [7, 11) is 1.59. The number of methoxy groups -OCH3 is 1. The SMILES string of the molecule is COc1cc(C)c(O)c(CCON)c1. The Morgan fingerprint density at radius 2 is 2.14 bits per heavy atom. The largest absolute Gasteiger partial charge is 0.507 e. The fraction of sp³-hybridized carbons (Fsp3) is 0.400. The standard InChI is InChI=1S/C10H15NO3/c1-7-5-9(13-2)6-8(10(7)12)3-4-14-11/h5-6,12H,3-4,11H2,1-2H3. The summed E-state index contributed by atoms with van der Waals surface area (Å²) < 4.78 is 5.09. The molecule has 0 fully saturated rings. The van der Waals surface area contributed by atoms with E-state index in [9.17, 15) is 5.11 Å². The van der Waals surface area contributed by atoms with Crippen LogP contribution in [0.3, 0.4) is 0 Å². The van der Waals surface area contributed by atoms with Crippen molar-refractivity contribution in [3.05, 3.63) is 23.3 Å². The van der Waals surface area contributed by atoms with Gasteiger partial charge in [0.2, 0.25) is 0 Å². The maximum Gasteiger partial charge on any atom is 0.122 e. The van der Waals surface area contributed by atoms with E-state index < -0.39 is 0 Å². The average molecular weight is 197 g/mol. The Bertz CT molecular complexity index is 312. The number of phenols is 1. The zero-order chi connectivity index (χ0) is 10.6. The molecule has 0 aliphatic heterocycles. The molecule has 0 unspecified atom stereocenters. The lowest BCUT2D eigenvalue weighted by Crippen LogP contribution is -2.04. The van der Waals surface area contributed by atoms with E-state index in [1.54, 1.807) is 19.2 Å². The van der Waals surface area contributed by atoms with Crippen molar-refractivity contribution in [3.63, 3.8) is 0 Å². The number of aromatic hydroxyl groups is 1. The highest BCUT2D eigenvalue weighted by atomic mass is 16.6. The van der Waals surface area contributed by atoms with Crippen LogP contribution in [0.15, 0.2) is 12.1 Å². The lowest BCUT2D eigenvalue weighted by Gasteiger charge is -2.09. The topological polar surface area (TPSA) is 64.7 Å². The third-order valence-corrected chi connectivity index (χ3v) is 2.08. The predicted molar refractivity (Wildman–Crippen MR) is 53.2 cm³/mol. The minimum atomic E-state index is 0.280. The van der Waals surface area contributed by atoms with Crippen molar-refractivity contribution >= 4 is 0 Å². The predicted octanol–water partition coefficient (Wildman–Crippen LogP) is 1.14. The van der Waals surface area contributed by atoms with E-state index in [0.29, 0.717) is 13.0 Å². The van der Waals surface area contributed by atoms with Gasteiger partial charge >= 0.3 is 0 Å². The van der Waals surface area contributed by atoms with Crippen molar-refractivity contribution in [2.24, 2.45) is 5.90 Å². The Labute approximate surface area is 83.2 Å². The van der Waals surface area contributed by atoms with E-state index in [1.165, 1.54) is 0 Å². The summed E-state index contributed by atoms with van der Waals surface area (Å²) in [4.78, 5) is 4.46. The molecule has 0 aliphatic rings. The summed E-state index contributed by atoms with van der Waals surface area (Å²) in [6.45, 7) is 2.20. The molecule has 4 nitrogen and oxygen atoms in total. The van der Waals surface area contributed by atoms with Crippen molar-refractivity contribution in [2.45, 2.75) is 13.3 Å². The van der Waals surface area contributed by atoms with Crippen molar-refractivity contribution < 1.29 is 14.7 Å². The van der Waals surface area contributed by atoms with E-state index >= 15 is 0 Å². The molecule has 0 aromatic heterocycles. The fourth-order valence-electron chi connectivity index (χ4n) is 1.29. The number of ether oxygens (including phenoxy) is 1. The number of rotatable bonds is 4. The van der Waals surface area contributed by atoms with E-state index in [0.717, 1.165) is 16.9 Å². The Morgan fingerprint density at radius 3 is 2.71 bits per heavy atom. The molecular formula is C10H15NO3. The van der Waals surface area contributed by atoms with Gasteiger partial charge in [-0.05, 0) is 24.6 Å². The molecule has 0 saturated carbocycles. The highest BCUT2D eigenvalue weighted by molar-refractivity contribution is 5.45. The minimum Gasteiger partial charge on any atom is -0.507 e. The Hall–Kier alpha value is -1.26. The number of hydrogen-bond donors (Lipinski definition) is 2. The summed E-state index contributed by atoms with van der Waals surface area (Å²) in [6.07, 6.45) is 0.570. The molecule has 4 heteroatoms. The highest BCUT2D eigenvalue weighted by Crippen LogP contribution is 2.27. The van der Waals surface area contributed by atoms with Gasteiger partial charge in [0.15, 0.2) is 0 Å². The summed E-state index contributed by atoms with van der Waals surface area (Å²) in [5, 5.41) is 9.69. The molecule has 14 heavy (non-hydrogen) atoms. The number of benzene rings is 1. The highest BCUT2D eigenvalue weighted by Gasteiger charge is 2.07. The molecule has 0 saturated heterocycles. The lowest BCUT2D eigenvalue weighted by molar-refractivity contribution is 0.140. The van der Waals surface area contributed by atoms with E-state index in [1.807, 2.05) is 6.92 Å². The van der Waals surface area contributed by atoms with Crippen LogP contribution in [0.1, 0.15) is 11.1 Å². The number of phenolic OH excluding ortho intramolecular Hbond substituents is 1. The van der Waals surface area contributed by atoms with Gasteiger partial charge in [0.25, 0.3) is 0 Å². The summed E-state index contributed by atoms with van der Waals surface area (Å²) in [6, 6.07) is 3.56. The number of aryl methyl sites for hydroxylation is 1. The summed E-state index contributed by atoms with van der Waals surface area (Å²) in [5.41, 5.74) is 1.57. The molecule has 0 bridgehead atoms. The summed E-state index contributed by atoms with van der Waals surface area (Å²) >= 11 is 0. The zero-order valence-electron chi connectivity index (χ0n) is 8.41. The normalized spacial score (nSPS) is 10.2. The van der Waals surface area contributed by atoms with Gasteiger partial charge in [0, 0.05) is 12.0 Å². The Morgan fingerprint density at radius 1 is 1.43 bits per heavy atom. The molecule has 0 atom stereocenters. The van der Waals surface area contributed by atoms with Gasteiger partial charge in [0.05, 0.1) is 13.7 Å². The van der Waals surface area contributed by atoms with Gasteiger partial charge in [-0.2, -0.15) is 0 Å². The van der Waals surface area contributed by atoms with Crippen LogP contribution in [0.5, 0.6) is 11.5 Å². The van der Waals surface area contributed by atoms with Crippen molar-refractivity contribution in [2.75, 3.05) is 13.7 Å². The molecule has 1 rings (SSSR count). The van der Waals surface area contributed by atoms with Gasteiger partial charge in [-0.15, -0.1) is 0 Å². The minimum absolute atomic E-state index is 0.280. The molecule has 0 aliphatic carbocycles. The van der Waals surface area contributed by atoms with Crippen LogP contribution in [-0.4, -0.2) is 18.8 Å². The van der Waals surface area contributed by atoms with Crippen LogP contribution in [0.4, 0.5) is 0 Å². The van der Waals surface area contributed by atoms with Crippen LogP contribution < -0.4 is 10.6 Å². The van der Waals surface area contributed by atoms with Crippen molar-refractivity contribution in [1.82, 2.24) is 0 Å². The van der Waals surface area contributed by atoms with Crippen LogP contribution >= 0.6 is 0 Å². The zero-order valence-corrected chi connectivity index (χ0v) is 8.41. The molecule has 0 radical (unpaired) electrons. The second-order valence-corrected chi connectivity index (χ2v) is 3.07. The maximum atomic E-state index is 9.69. The van der Waals surface area contributed by atoms with E-state index in [4.69, 9.17) is 10.6 Å². The molecular weight excluding hydrogens is 182 g/mol. The van der Waals surface area contributed by atoms with E-state index in [-0.39, 0.29) is 5.75 Å². The third-order valence-electron chi connectivity index (χ3n) is 2.08. The molecule has 78 valence electrons. The molecule has 3 N–H and O–H groups in total. The molecule has 1 aromatic rings.